The number of anilines is 2. The number of carboxylic acids is 1. The molecule has 0 unspecified atom stereocenters. The van der Waals surface area contributed by atoms with Gasteiger partial charge in [-0.05, 0) is 43.2 Å². The highest BCUT2D eigenvalue weighted by Gasteiger charge is 2.20. The second-order valence-electron chi connectivity index (χ2n) is 5.67. The number of nitrogens with one attached hydrogen (secondary N) is 1. The van der Waals surface area contributed by atoms with E-state index in [-0.39, 0.29) is 11.5 Å². The van der Waals surface area contributed by atoms with Gasteiger partial charge in [-0.3, -0.25) is 4.79 Å². The standard InChI is InChI=1S/C18H17ClN2O3/c19-15-6-2-1-5-13(15)17(22)20-12-7-8-16(14(11-12)18(23)24)21-9-3-4-10-21/h1-2,5-8,11H,3-4,9-10H2,(H,20,22)(H,23,24). The fourth-order valence-corrected chi connectivity index (χ4v) is 3.08. The van der Waals surface area contributed by atoms with Crippen LogP contribution in [0, 0.1) is 0 Å². The van der Waals surface area contributed by atoms with Gasteiger partial charge in [0.05, 0.1) is 21.8 Å². The van der Waals surface area contributed by atoms with Gasteiger partial charge in [-0.25, -0.2) is 4.79 Å². The summed E-state index contributed by atoms with van der Waals surface area (Å²) < 4.78 is 0. The second-order valence-corrected chi connectivity index (χ2v) is 6.07. The summed E-state index contributed by atoms with van der Waals surface area (Å²) in [6.45, 7) is 1.71. The fourth-order valence-electron chi connectivity index (χ4n) is 2.86. The Morgan fingerprint density at radius 2 is 1.75 bits per heavy atom. The first-order valence-electron chi connectivity index (χ1n) is 7.74. The van der Waals surface area contributed by atoms with Crippen LogP contribution in [0.4, 0.5) is 11.4 Å². The third-order valence-corrected chi connectivity index (χ3v) is 4.38. The molecule has 1 heterocycles. The molecule has 0 aliphatic carbocycles. The van der Waals surface area contributed by atoms with E-state index in [1.807, 2.05) is 0 Å². The van der Waals surface area contributed by atoms with E-state index < -0.39 is 5.97 Å². The number of aromatic carboxylic acids is 1. The maximum Gasteiger partial charge on any atom is 0.337 e. The smallest absolute Gasteiger partial charge is 0.337 e. The molecule has 0 saturated carbocycles. The van der Waals surface area contributed by atoms with E-state index in [4.69, 9.17) is 11.6 Å². The molecule has 0 atom stereocenters. The lowest BCUT2D eigenvalue weighted by Crippen LogP contribution is -2.21. The zero-order chi connectivity index (χ0) is 17.1. The third-order valence-electron chi connectivity index (χ3n) is 4.05. The van der Waals surface area contributed by atoms with Crippen LogP contribution < -0.4 is 10.2 Å². The molecule has 2 N–H and O–H groups in total. The van der Waals surface area contributed by atoms with Crippen molar-refractivity contribution in [3.63, 3.8) is 0 Å². The van der Waals surface area contributed by atoms with Gasteiger partial charge >= 0.3 is 5.97 Å². The maximum absolute atomic E-state index is 12.3. The summed E-state index contributed by atoms with van der Waals surface area (Å²) in [5.41, 5.74) is 1.66. The van der Waals surface area contributed by atoms with Crippen LogP contribution in [-0.4, -0.2) is 30.1 Å². The van der Waals surface area contributed by atoms with E-state index in [0.717, 1.165) is 25.9 Å². The summed E-state index contributed by atoms with van der Waals surface area (Å²) in [4.78, 5) is 25.9. The fraction of sp³-hybridized carbons (Fsp3) is 0.222. The number of benzene rings is 2. The van der Waals surface area contributed by atoms with Crippen LogP contribution in [0.25, 0.3) is 0 Å². The Morgan fingerprint density at radius 3 is 2.42 bits per heavy atom. The molecule has 1 fully saturated rings. The van der Waals surface area contributed by atoms with Crippen LogP contribution >= 0.6 is 11.6 Å². The molecule has 5 nitrogen and oxygen atoms in total. The van der Waals surface area contributed by atoms with Gasteiger partial charge in [-0.1, -0.05) is 23.7 Å². The van der Waals surface area contributed by atoms with Crippen LogP contribution in [0.15, 0.2) is 42.5 Å². The van der Waals surface area contributed by atoms with Crippen molar-refractivity contribution in [2.45, 2.75) is 12.8 Å². The summed E-state index contributed by atoms with van der Waals surface area (Å²) in [6.07, 6.45) is 2.12. The summed E-state index contributed by atoms with van der Waals surface area (Å²) in [5.74, 6) is -1.38. The highest BCUT2D eigenvalue weighted by atomic mass is 35.5. The predicted octanol–water partition coefficient (Wildman–Crippen LogP) is 3.89. The Kier molecular flexibility index (Phi) is 4.71. The molecule has 2 aromatic carbocycles. The summed E-state index contributed by atoms with van der Waals surface area (Å²) >= 11 is 6.02. The molecule has 1 saturated heterocycles. The quantitative estimate of drug-likeness (QED) is 0.882. The van der Waals surface area contributed by atoms with Gasteiger partial charge in [0.2, 0.25) is 0 Å². The lowest BCUT2D eigenvalue weighted by Gasteiger charge is -2.20. The van der Waals surface area contributed by atoms with Crippen LogP contribution in [0.2, 0.25) is 5.02 Å². The number of hydrogen-bond acceptors (Lipinski definition) is 3. The van der Waals surface area contributed by atoms with Crippen LogP contribution in [0.5, 0.6) is 0 Å². The second kappa shape index (κ2) is 6.93. The minimum absolute atomic E-state index is 0.189. The number of nitrogens with zero attached hydrogens (tertiary/aromatic N) is 1. The first-order valence-corrected chi connectivity index (χ1v) is 8.12. The molecule has 1 aliphatic heterocycles. The molecule has 124 valence electrons. The molecule has 0 spiro atoms. The van der Waals surface area contributed by atoms with E-state index in [1.54, 1.807) is 36.4 Å². The van der Waals surface area contributed by atoms with E-state index in [0.29, 0.717) is 22.0 Å². The number of rotatable bonds is 4. The Hall–Kier alpha value is -2.53. The number of hydrogen-bond donors (Lipinski definition) is 2. The first kappa shape index (κ1) is 16.3. The highest BCUT2D eigenvalue weighted by molar-refractivity contribution is 6.34. The summed E-state index contributed by atoms with van der Waals surface area (Å²) in [7, 11) is 0. The van der Waals surface area contributed by atoms with E-state index in [9.17, 15) is 14.7 Å². The molecule has 0 aromatic heterocycles. The largest absolute Gasteiger partial charge is 0.478 e. The van der Waals surface area contributed by atoms with Crippen molar-refractivity contribution in [2.75, 3.05) is 23.3 Å². The number of carbonyl (C=O) groups excluding carboxylic acids is 1. The SMILES string of the molecule is O=C(Nc1ccc(N2CCCC2)c(C(=O)O)c1)c1ccccc1Cl. The maximum atomic E-state index is 12.3. The Labute approximate surface area is 144 Å². The van der Waals surface area contributed by atoms with Crippen molar-refractivity contribution in [3.05, 3.63) is 58.6 Å². The van der Waals surface area contributed by atoms with Gasteiger partial charge in [0.1, 0.15) is 0 Å². The molecule has 2 aromatic rings. The number of amides is 1. The van der Waals surface area contributed by atoms with Crippen LogP contribution in [-0.2, 0) is 0 Å². The lowest BCUT2D eigenvalue weighted by atomic mass is 10.1. The van der Waals surface area contributed by atoms with E-state index >= 15 is 0 Å². The third kappa shape index (κ3) is 3.36. The Bertz CT molecular complexity index is 786. The topological polar surface area (TPSA) is 69.6 Å². The number of carboxylic acid groups (broad SMARTS) is 1. The van der Waals surface area contributed by atoms with Crippen molar-refractivity contribution < 1.29 is 14.7 Å². The van der Waals surface area contributed by atoms with Crippen molar-refractivity contribution in [2.24, 2.45) is 0 Å². The number of carbonyl (C=O) groups is 2. The first-order chi connectivity index (χ1) is 11.6. The van der Waals surface area contributed by atoms with Gasteiger partial charge in [-0.2, -0.15) is 0 Å². The van der Waals surface area contributed by atoms with Crippen molar-refractivity contribution in [1.82, 2.24) is 0 Å². The predicted molar refractivity (Wildman–Crippen MR) is 94.3 cm³/mol. The Morgan fingerprint density at radius 1 is 1.04 bits per heavy atom. The molecule has 1 amide bonds. The normalized spacial score (nSPS) is 13.8. The molecule has 0 bridgehead atoms. The van der Waals surface area contributed by atoms with Crippen LogP contribution in [0.1, 0.15) is 33.6 Å². The van der Waals surface area contributed by atoms with Gasteiger partial charge in [0, 0.05) is 18.8 Å². The van der Waals surface area contributed by atoms with Crippen molar-refractivity contribution in [3.8, 4) is 0 Å². The van der Waals surface area contributed by atoms with E-state index in [2.05, 4.69) is 10.2 Å². The molecular formula is C18H17ClN2O3. The molecule has 3 rings (SSSR count). The lowest BCUT2D eigenvalue weighted by molar-refractivity contribution is 0.0697. The average molecular weight is 345 g/mol. The zero-order valence-corrected chi connectivity index (χ0v) is 13.7. The molecular weight excluding hydrogens is 328 g/mol. The van der Waals surface area contributed by atoms with Crippen LogP contribution in [0.3, 0.4) is 0 Å². The Balaban J connectivity index is 1.86. The molecule has 0 radical (unpaired) electrons. The van der Waals surface area contributed by atoms with Gasteiger partial charge in [0.15, 0.2) is 0 Å². The van der Waals surface area contributed by atoms with Crippen molar-refractivity contribution >= 4 is 34.9 Å². The van der Waals surface area contributed by atoms with Gasteiger partial charge in [0.25, 0.3) is 5.91 Å². The van der Waals surface area contributed by atoms with Gasteiger partial charge < -0.3 is 15.3 Å². The average Bonchev–Trinajstić information content (AvgIpc) is 3.09. The van der Waals surface area contributed by atoms with E-state index in [1.165, 1.54) is 6.07 Å². The highest BCUT2D eigenvalue weighted by Crippen LogP contribution is 2.28. The minimum Gasteiger partial charge on any atom is -0.478 e. The summed E-state index contributed by atoms with van der Waals surface area (Å²) in [6, 6.07) is 11.7. The monoisotopic (exact) mass is 344 g/mol. The molecule has 6 heteroatoms. The molecule has 1 aliphatic rings. The minimum atomic E-state index is -1.01. The summed E-state index contributed by atoms with van der Waals surface area (Å²) in [5, 5.41) is 12.5. The van der Waals surface area contributed by atoms with Gasteiger partial charge in [-0.15, -0.1) is 0 Å². The number of halogens is 1. The molecule has 24 heavy (non-hydrogen) atoms. The zero-order valence-electron chi connectivity index (χ0n) is 13.0. The van der Waals surface area contributed by atoms with Crippen molar-refractivity contribution in [1.29, 1.82) is 0 Å².